The Kier molecular flexibility index (Phi) is 12.7. The van der Waals surface area contributed by atoms with Crippen molar-refractivity contribution in [2.45, 2.75) is 126 Å². The van der Waals surface area contributed by atoms with E-state index in [0.29, 0.717) is 0 Å². The molecule has 3 aromatic rings. The molecule has 0 heterocycles. The molecule has 0 atom stereocenters. The van der Waals surface area contributed by atoms with Gasteiger partial charge in [-0.3, -0.25) is 9.59 Å². The normalized spacial score (nSPS) is 20.8. The van der Waals surface area contributed by atoms with Crippen LogP contribution < -0.4 is 0 Å². The van der Waals surface area contributed by atoms with Crippen LogP contribution in [0.15, 0.2) is 89.0 Å². The number of Topliss-reactive ketones (excluding diaryl/α,β-unsaturated/α-hetero) is 2. The summed E-state index contributed by atoms with van der Waals surface area (Å²) >= 11 is 0. The summed E-state index contributed by atoms with van der Waals surface area (Å²) in [6.07, 6.45) is 15.2. The molecule has 0 spiro atoms. The zero-order valence-corrected chi connectivity index (χ0v) is 31.5. The summed E-state index contributed by atoms with van der Waals surface area (Å²) in [4.78, 5) is 25.3. The first-order valence-corrected chi connectivity index (χ1v) is 19.1. The molecule has 5 rings (SSSR count). The Hall–Kier alpha value is -3.52. The summed E-state index contributed by atoms with van der Waals surface area (Å²) in [5.74, 6) is 3.40. The average molecular weight is 657 g/mol. The number of allylic oxidation sites excluding steroid dienone is 4. The number of benzene rings is 3. The van der Waals surface area contributed by atoms with Crippen molar-refractivity contribution in [3.63, 3.8) is 0 Å². The van der Waals surface area contributed by atoms with Crippen molar-refractivity contribution in [3.05, 3.63) is 128 Å². The third-order valence-electron chi connectivity index (χ3n) is 12.0. The van der Waals surface area contributed by atoms with E-state index in [0.717, 1.165) is 69.9 Å². The maximum atomic E-state index is 12.6. The summed E-state index contributed by atoms with van der Waals surface area (Å²) in [6, 6.07) is 24.1. The lowest BCUT2D eigenvalue weighted by molar-refractivity contribution is 0.102. The minimum Gasteiger partial charge on any atom is -0.289 e. The van der Waals surface area contributed by atoms with Crippen LogP contribution in [0.2, 0.25) is 0 Å². The van der Waals surface area contributed by atoms with Crippen LogP contribution in [0.4, 0.5) is 0 Å². The molecule has 2 aliphatic carbocycles. The van der Waals surface area contributed by atoms with Crippen LogP contribution in [0.25, 0.3) is 0 Å². The van der Waals surface area contributed by atoms with Crippen molar-refractivity contribution >= 4 is 11.6 Å². The molecule has 2 saturated carbocycles. The van der Waals surface area contributed by atoms with Crippen LogP contribution in [-0.2, 0) is 25.7 Å². The van der Waals surface area contributed by atoms with Gasteiger partial charge in [-0.2, -0.15) is 0 Å². The van der Waals surface area contributed by atoms with Gasteiger partial charge in [0.15, 0.2) is 11.6 Å². The quantitative estimate of drug-likeness (QED) is 0.144. The topological polar surface area (TPSA) is 34.1 Å². The Labute approximate surface area is 297 Å². The average Bonchev–Trinajstić information content (AvgIpc) is 3.10. The molecule has 0 amide bonds. The summed E-state index contributed by atoms with van der Waals surface area (Å²) < 4.78 is 0. The van der Waals surface area contributed by atoms with Gasteiger partial charge in [-0.15, -0.1) is 0 Å². The maximum absolute atomic E-state index is 12.6. The molecule has 49 heavy (non-hydrogen) atoms. The second kappa shape index (κ2) is 16.9. The first kappa shape index (κ1) is 36.8. The second-order valence-corrected chi connectivity index (χ2v) is 16.2. The number of carbonyl (C=O) groups is 2. The lowest BCUT2D eigenvalue weighted by atomic mass is 9.76. The van der Waals surface area contributed by atoms with E-state index in [4.69, 9.17) is 0 Å². The third-order valence-corrected chi connectivity index (χ3v) is 12.0. The highest BCUT2D eigenvalue weighted by molar-refractivity contribution is 6.09. The van der Waals surface area contributed by atoms with Crippen LogP contribution in [-0.4, -0.2) is 11.6 Å². The number of aryl methyl sites for hydroxylation is 1. The van der Waals surface area contributed by atoms with Crippen LogP contribution in [0.1, 0.15) is 141 Å². The van der Waals surface area contributed by atoms with Gasteiger partial charge >= 0.3 is 0 Å². The molecule has 0 aliphatic heterocycles. The van der Waals surface area contributed by atoms with Crippen molar-refractivity contribution in [1.82, 2.24) is 0 Å². The van der Waals surface area contributed by atoms with Crippen LogP contribution in [0, 0.1) is 30.6 Å². The fourth-order valence-electron chi connectivity index (χ4n) is 8.18. The van der Waals surface area contributed by atoms with Crippen molar-refractivity contribution in [1.29, 1.82) is 0 Å². The molecule has 0 N–H and O–H groups in total. The molecule has 260 valence electrons. The van der Waals surface area contributed by atoms with E-state index in [-0.39, 0.29) is 11.6 Å². The molecule has 0 aromatic heterocycles. The minimum absolute atomic E-state index is 0.151. The molecule has 0 radical (unpaired) electrons. The monoisotopic (exact) mass is 656 g/mol. The molecule has 0 unspecified atom stereocenters. The third kappa shape index (κ3) is 10.0. The molecule has 0 bridgehead atoms. The number of hydrogen-bond acceptors (Lipinski definition) is 2. The van der Waals surface area contributed by atoms with Gasteiger partial charge in [0.05, 0.1) is 0 Å². The summed E-state index contributed by atoms with van der Waals surface area (Å²) in [7, 11) is 0. The van der Waals surface area contributed by atoms with Gasteiger partial charge in [-0.05, 0) is 188 Å². The second-order valence-electron chi connectivity index (χ2n) is 16.2. The number of carbonyl (C=O) groups excluding carboxylic acids is 2. The van der Waals surface area contributed by atoms with Gasteiger partial charge in [-0.1, -0.05) is 77.9 Å². The van der Waals surface area contributed by atoms with E-state index < -0.39 is 0 Å². The standard InChI is InChI=1S/C47H60O2/c1-31(2)34(6)46(48)43-21-16-39(17-22-43)27-36-8-10-38(11-9-36)29-42-20-25-45(33(5)26-42)30-41-14-12-37(13-15-41)28-40-18-23-44(24-19-40)47(49)35(7)32(3)4/h16-26,36-38,41H,8-15,27-30H2,1-7H3. The van der Waals surface area contributed by atoms with Gasteiger partial charge in [0.1, 0.15) is 0 Å². The van der Waals surface area contributed by atoms with Gasteiger partial charge in [0, 0.05) is 11.1 Å². The van der Waals surface area contributed by atoms with Crippen molar-refractivity contribution in [2.24, 2.45) is 23.7 Å². The van der Waals surface area contributed by atoms with Crippen molar-refractivity contribution in [3.8, 4) is 0 Å². The molecule has 2 aliphatic rings. The molecule has 2 heteroatoms. The minimum atomic E-state index is 0.151. The zero-order chi connectivity index (χ0) is 35.1. The highest BCUT2D eigenvalue weighted by Crippen LogP contribution is 2.36. The number of hydrogen-bond donors (Lipinski definition) is 0. The zero-order valence-electron chi connectivity index (χ0n) is 31.5. The summed E-state index contributed by atoms with van der Waals surface area (Å²) in [6.45, 7) is 14.2. The highest BCUT2D eigenvalue weighted by Gasteiger charge is 2.24. The van der Waals surface area contributed by atoms with E-state index in [1.54, 1.807) is 5.56 Å². The van der Waals surface area contributed by atoms with Gasteiger partial charge in [0.25, 0.3) is 0 Å². The van der Waals surface area contributed by atoms with E-state index in [9.17, 15) is 9.59 Å². The van der Waals surface area contributed by atoms with Crippen LogP contribution in [0.5, 0.6) is 0 Å². The smallest absolute Gasteiger partial charge is 0.188 e. The Morgan fingerprint density at radius 1 is 0.469 bits per heavy atom. The van der Waals surface area contributed by atoms with E-state index >= 15 is 0 Å². The Morgan fingerprint density at radius 3 is 1.14 bits per heavy atom. The summed E-state index contributed by atoms with van der Waals surface area (Å²) in [5, 5.41) is 0. The molecular weight excluding hydrogens is 597 g/mol. The van der Waals surface area contributed by atoms with Gasteiger partial charge in [-0.25, -0.2) is 0 Å². The summed E-state index contributed by atoms with van der Waals surface area (Å²) in [5.41, 5.74) is 12.8. The Balaban J connectivity index is 1.03. The Bertz CT molecular complexity index is 1640. The van der Waals surface area contributed by atoms with Gasteiger partial charge in [0.2, 0.25) is 0 Å². The number of ketones is 2. The van der Waals surface area contributed by atoms with Crippen molar-refractivity contribution < 1.29 is 9.59 Å². The number of rotatable bonds is 12. The highest BCUT2D eigenvalue weighted by atomic mass is 16.1. The molecular formula is C47H60O2. The lowest BCUT2D eigenvalue weighted by Gasteiger charge is -2.30. The van der Waals surface area contributed by atoms with E-state index in [1.807, 2.05) is 65.8 Å². The first-order valence-electron chi connectivity index (χ1n) is 19.1. The van der Waals surface area contributed by atoms with Crippen LogP contribution in [0.3, 0.4) is 0 Å². The van der Waals surface area contributed by atoms with E-state index in [1.165, 1.54) is 86.5 Å². The molecule has 0 saturated heterocycles. The van der Waals surface area contributed by atoms with E-state index in [2.05, 4.69) is 49.4 Å². The molecule has 3 aromatic carbocycles. The first-order chi connectivity index (χ1) is 23.5. The van der Waals surface area contributed by atoms with Crippen LogP contribution >= 0.6 is 0 Å². The lowest BCUT2D eigenvalue weighted by Crippen LogP contribution is -2.19. The predicted molar refractivity (Wildman–Crippen MR) is 207 cm³/mol. The van der Waals surface area contributed by atoms with Gasteiger partial charge < -0.3 is 0 Å². The largest absolute Gasteiger partial charge is 0.289 e. The maximum Gasteiger partial charge on any atom is 0.188 e. The fourth-order valence-corrected chi connectivity index (χ4v) is 8.18. The SMILES string of the molecule is CC(C)=C(C)C(=O)c1ccc(CC2CCC(Cc3ccc(CC4CCC(Cc5ccc(C(=O)C(C)=C(C)C)cc5)CC4)c(C)c3)CC2)cc1. The Morgan fingerprint density at radius 2 is 0.796 bits per heavy atom. The fraction of sp³-hybridized carbons (Fsp3) is 0.489. The van der Waals surface area contributed by atoms with Crippen molar-refractivity contribution in [2.75, 3.05) is 0 Å². The predicted octanol–water partition coefficient (Wildman–Crippen LogP) is 12.3. The molecule has 2 fully saturated rings. The molecule has 2 nitrogen and oxygen atoms in total.